The van der Waals surface area contributed by atoms with E-state index in [1.165, 1.54) is 57.4 Å². The van der Waals surface area contributed by atoms with Gasteiger partial charge in [0.2, 0.25) is 0 Å². The third kappa shape index (κ3) is 4.97. The van der Waals surface area contributed by atoms with Gasteiger partial charge >= 0.3 is 0 Å². The summed E-state index contributed by atoms with van der Waals surface area (Å²) < 4.78 is 0. The van der Waals surface area contributed by atoms with Gasteiger partial charge in [-0.25, -0.2) is 0 Å². The van der Waals surface area contributed by atoms with E-state index in [-0.39, 0.29) is 0 Å². The van der Waals surface area contributed by atoms with E-state index in [1.807, 2.05) is 6.07 Å². The molecule has 0 nitrogen and oxygen atoms in total. The van der Waals surface area contributed by atoms with Crippen molar-refractivity contribution in [2.24, 2.45) is 5.92 Å². The average Bonchev–Trinajstić information content (AvgIpc) is 2.81. The molecule has 3 aromatic rings. The minimum Gasteiger partial charge on any atom is -0.0949 e. The average molecular weight is 405 g/mol. The Kier molecular flexibility index (Phi) is 6.37. The van der Waals surface area contributed by atoms with E-state index >= 15 is 0 Å². The molecule has 3 aromatic carbocycles. The molecule has 1 unspecified atom stereocenters. The summed E-state index contributed by atoms with van der Waals surface area (Å²) >= 11 is 0. The zero-order valence-corrected chi connectivity index (χ0v) is 18.8. The molecule has 0 amide bonds. The molecule has 0 N–H and O–H groups in total. The second-order valence-corrected chi connectivity index (χ2v) is 8.86. The molecule has 4 rings (SSSR count). The molecular weight excluding hydrogens is 372 g/mol. The molecule has 1 atom stereocenters. The molecule has 31 heavy (non-hydrogen) atoms. The maximum Gasteiger partial charge on any atom is 0.00241 e. The topological polar surface area (TPSA) is 0 Å². The Hall–Kier alpha value is -3.12. The second-order valence-electron chi connectivity index (χ2n) is 8.86. The molecule has 0 heteroatoms. The number of allylic oxidation sites excluding steroid dienone is 4. The van der Waals surface area contributed by atoms with Gasteiger partial charge in [-0.2, -0.15) is 0 Å². The number of benzene rings is 3. The standard InChI is InChI=1S/C31H32/c1-22-16-17-31(19-23(22)2)30-15-9-14-29(21-30)25(4)28-13-8-10-26(20-28)18-24(3)27-11-6-5-7-12-27/h5-8,10-13,16-17,19-21,29H,3-4,9,14-15,18H2,1-2H3. The van der Waals surface area contributed by atoms with E-state index in [9.17, 15) is 0 Å². The van der Waals surface area contributed by atoms with Crippen LogP contribution in [0.1, 0.15) is 52.6 Å². The van der Waals surface area contributed by atoms with Gasteiger partial charge in [-0.3, -0.25) is 0 Å². The first-order valence-electron chi connectivity index (χ1n) is 11.3. The lowest BCUT2D eigenvalue weighted by molar-refractivity contribution is 0.653. The van der Waals surface area contributed by atoms with E-state index < -0.39 is 0 Å². The van der Waals surface area contributed by atoms with E-state index in [4.69, 9.17) is 0 Å². The van der Waals surface area contributed by atoms with Crippen molar-refractivity contribution >= 4 is 16.7 Å². The highest BCUT2D eigenvalue weighted by Crippen LogP contribution is 2.37. The van der Waals surface area contributed by atoms with Crippen molar-refractivity contribution in [2.45, 2.75) is 39.5 Å². The third-order valence-corrected chi connectivity index (χ3v) is 6.59. The molecule has 0 radical (unpaired) electrons. The van der Waals surface area contributed by atoms with Crippen molar-refractivity contribution in [1.82, 2.24) is 0 Å². The Morgan fingerprint density at radius 3 is 2.39 bits per heavy atom. The first-order valence-corrected chi connectivity index (χ1v) is 11.3. The van der Waals surface area contributed by atoms with E-state index in [2.05, 4.69) is 99.8 Å². The second kappa shape index (κ2) is 9.35. The van der Waals surface area contributed by atoms with Crippen molar-refractivity contribution in [2.75, 3.05) is 0 Å². The largest absolute Gasteiger partial charge is 0.0949 e. The van der Waals surface area contributed by atoms with Crippen LogP contribution in [0.25, 0.3) is 16.7 Å². The summed E-state index contributed by atoms with van der Waals surface area (Å²) in [5.74, 6) is 0.401. The van der Waals surface area contributed by atoms with Gasteiger partial charge < -0.3 is 0 Å². The molecule has 0 fully saturated rings. The Labute approximate surface area is 187 Å². The zero-order chi connectivity index (χ0) is 21.8. The van der Waals surface area contributed by atoms with Crippen LogP contribution in [0.4, 0.5) is 0 Å². The Bertz CT molecular complexity index is 1130. The molecule has 0 heterocycles. The van der Waals surface area contributed by atoms with Crippen LogP contribution in [0.5, 0.6) is 0 Å². The van der Waals surface area contributed by atoms with Crippen LogP contribution in [0.15, 0.2) is 92.0 Å². The monoisotopic (exact) mass is 404 g/mol. The van der Waals surface area contributed by atoms with Gasteiger partial charge in [-0.15, -0.1) is 0 Å². The van der Waals surface area contributed by atoms with Gasteiger partial charge in [0.25, 0.3) is 0 Å². The molecule has 0 saturated carbocycles. The number of hydrogen-bond acceptors (Lipinski definition) is 0. The van der Waals surface area contributed by atoms with Gasteiger partial charge in [0, 0.05) is 5.92 Å². The highest BCUT2D eigenvalue weighted by atomic mass is 14.2. The van der Waals surface area contributed by atoms with Crippen LogP contribution in [0.2, 0.25) is 0 Å². The van der Waals surface area contributed by atoms with Gasteiger partial charge in [-0.05, 0) is 89.6 Å². The minimum atomic E-state index is 0.401. The maximum absolute atomic E-state index is 4.52. The SMILES string of the molecule is C=C(Cc1cccc(C(=C)C2C=C(c3ccc(C)c(C)c3)CCC2)c1)c1ccccc1. The number of rotatable bonds is 6. The van der Waals surface area contributed by atoms with Crippen LogP contribution in [-0.2, 0) is 6.42 Å². The van der Waals surface area contributed by atoms with E-state index in [0.717, 1.165) is 18.4 Å². The molecule has 0 aliphatic heterocycles. The normalized spacial score (nSPS) is 15.9. The van der Waals surface area contributed by atoms with Crippen LogP contribution >= 0.6 is 0 Å². The molecule has 156 valence electrons. The van der Waals surface area contributed by atoms with Crippen LogP contribution in [0.3, 0.4) is 0 Å². The minimum absolute atomic E-state index is 0.401. The summed E-state index contributed by atoms with van der Waals surface area (Å²) in [4.78, 5) is 0. The Balaban J connectivity index is 1.53. The van der Waals surface area contributed by atoms with Crippen molar-refractivity contribution < 1.29 is 0 Å². The highest BCUT2D eigenvalue weighted by molar-refractivity contribution is 5.75. The van der Waals surface area contributed by atoms with Crippen molar-refractivity contribution in [1.29, 1.82) is 0 Å². The van der Waals surface area contributed by atoms with Gasteiger partial charge in [0.15, 0.2) is 0 Å². The lowest BCUT2D eigenvalue weighted by Gasteiger charge is -2.24. The lowest BCUT2D eigenvalue weighted by atomic mass is 9.81. The summed E-state index contributed by atoms with van der Waals surface area (Å²) in [5.41, 5.74) is 11.7. The summed E-state index contributed by atoms with van der Waals surface area (Å²) in [6, 6.07) is 26.2. The third-order valence-electron chi connectivity index (χ3n) is 6.59. The maximum atomic E-state index is 4.52. The highest BCUT2D eigenvalue weighted by Gasteiger charge is 2.19. The fraction of sp³-hybridized carbons (Fsp3) is 0.226. The molecule has 1 aliphatic carbocycles. The molecule has 0 aromatic heterocycles. The van der Waals surface area contributed by atoms with Crippen LogP contribution in [-0.4, -0.2) is 0 Å². The number of hydrogen-bond donors (Lipinski definition) is 0. The van der Waals surface area contributed by atoms with Crippen LogP contribution < -0.4 is 0 Å². The van der Waals surface area contributed by atoms with Gasteiger partial charge in [-0.1, -0.05) is 92.0 Å². The van der Waals surface area contributed by atoms with E-state index in [0.29, 0.717) is 5.92 Å². The first kappa shape index (κ1) is 21.1. The van der Waals surface area contributed by atoms with Crippen molar-refractivity contribution in [3.8, 4) is 0 Å². The molecule has 0 spiro atoms. The van der Waals surface area contributed by atoms with Crippen molar-refractivity contribution in [3.63, 3.8) is 0 Å². The summed E-state index contributed by atoms with van der Waals surface area (Å²) in [6.07, 6.45) is 6.87. The predicted octanol–water partition coefficient (Wildman–Crippen LogP) is 8.46. The smallest absolute Gasteiger partial charge is 0.00241 e. The molecule has 0 bridgehead atoms. The van der Waals surface area contributed by atoms with E-state index in [1.54, 1.807) is 0 Å². The quantitative estimate of drug-likeness (QED) is 0.386. The Morgan fingerprint density at radius 1 is 0.839 bits per heavy atom. The van der Waals surface area contributed by atoms with Crippen molar-refractivity contribution in [3.05, 3.63) is 125 Å². The lowest BCUT2D eigenvalue weighted by Crippen LogP contribution is -2.07. The summed E-state index contributed by atoms with van der Waals surface area (Å²) in [7, 11) is 0. The number of aryl methyl sites for hydroxylation is 2. The molecule has 1 aliphatic rings. The van der Waals surface area contributed by atoms with Gasteiger partial charge in [0.05, 0.1) is 0 Å². The Morgan fingerprint density at radius 2 is 1.61 bits per heavy atom. The van der Waals surface area contributed by atoms with Gasteiger partial charge in [0.1, 0.15) is 0 Å². The molecular formula is C31H32. The summed E-state index contributed by atoms with van der Waals surface area (Å²) in [5, 5.41) is 0. The predicted molar refractivity (Wildman–Crippen MR) is 136 cm³/mol. The fourth-order valence-electron chi connectivity index (χ4n) is 4.50. The summed E-state index contributed by atoms with van der Waals surface area (Å²) in [6.45, 7) is 13.2. The zero-order valence-electron chi connectivity index (χ0n) is 18.8. The molecule has 0 saturated heterocycles. The first-order chi connectivity index (χ1) is 15.0. The fourth-order valence-corrected chi connectivity index (χ4v) is 4.50. The van der Waals surface area contributed by atoms with Crippen LogP contribution in [0, 0.1) is 19.8 Å².